The summed E-state index contributed by atoms with van der Waals surface area (Å²) in [5.41, 5.74) is -0.351. The van der Waals surface area contributed by atoms with Crippen molar-refractivity contribution in [1.82, 2.24) is 9.80 Å². The van der Waals surface area contributed by atoms with Crippen LogP contribution in [0.4, 0.5) is 0 Å². The van der Waals surface area contributed by atoms with Gasteiger partial charge in [-0.3, -0.25) is 9.80 Å². The van der Waals surface area contributed by atoms with Gasteiger partial charge in [0.2, 0.25) is 0 Å². The summed E-state index contributed by atoms with van der Waals surface area (Å²) in [5, 5.41) is 23.0. The van der Waals surface area contributed by atoms with Gasteiger partial charge in [0.05, 0.1) is 11.2 Å². The van der Waals surface area contributed by atoms with Crippen molar-refractivity contribution in [1.29, 1.82) is 0 Å². The van der Waals surface area contributed by atoms with Crippen molar-refractivity contribution < 1.29 is 10.2 Å². The average molecular weight is 403 g/mol. The Bertz CT molecular complexity index is 678. The van der Waals surface area contributed by atoms with Crippen molar-refractivity contribution >= 4 is 0 Å². The zero-order chi connectivity index (χ0) is 20.1. The Morgan fingerprint density at radius 3 is 2.17 bits per heavy atom. The highest BCUT2D eigenvalue weighted by molar-refractivity contribution is 5.16. The number of hydrogen-bond acceptors (Lipinski definition) is 4. The molecule has 29 heavy (non-hydrogen) atoms. The van der Waals surface area contributed by atoms with Gasteiger partial charge in [0.1, 0.15) is 0 Å². The molecule has 8 atom stereocenters. The monoisotopic (exact) mass is 402 g/mol. The van der Waals surface area contributed by atoms with E-state index in [9.17, 15) is 10.2 Å². The minimum atomic E-state index is -0.456. The average Bonchev–Trinajstić information content (AvgIpc) is 3.59. The number of aliphatic hydroxyl groups is 2. The summed E-state index contributed by atoms with van der Waals surface area (Å²) in [4.78, 5) is 4.85. The molecule has 0 aromatic carbocycles. The van der Waals surface area contributed by atoms with Gasteiger partial charge in [0, 0.05) is 44.7 Å². The Kier molecular flexibility index (Phi) is 4.18. The van der Waals surface area contributed by atoms with Gasteiger partial charge in [-0.15, -0.1) is 0 Å². The van der Waals surface area contributed by atoms with Gasteiger partial charge in [-0.1, -0.05) is 13.8 Å². The third-order valence-electron chi connectivity index (χ3n) is 11.2. The normalized spacial score (nSPS) is 57.1. The van der Waals surface area contributed by atoms with Crippen LogP contribution in [0.25, 0.3) is 0 Å². The van der Waals surface area contributed by atoms with Gasteiger partial charge in [0.25, 0.3) is 0 Å². The molecular weight excluding hydrogens is 360 g/mol. The summed E-state index contributed by atoms with van der Waals surface area (Å²) in [7, 11) is 0. The standard InChI is InChI=1S/C25H42N2O2/c1-22-9-10-24(28,16-26-11-12-26)15-18(22)3-4-19-20(22)5-7-23(2)21(19)6-8-25(23,29)17-27-13-14-27/h18-21,28-29H,3-17H2,1-2H3/t18-,19+,20-,21-,22-,23-,24-,25+/m0/s1. The van der Waals surface area contributed by atoms with E-state index in [1.165, 1.54) is 64.7 Å². The molecule has 0 aromatic heterocycles. The molecule has 0 spiro atoms. The van der Waals surface area contributed by atoms with Gasteiger partial charge >= 0.3 is 0 Å². The maximum absolute atomic E-state index is 11.7. The number of β-amino-alcohol motifs (C(OH)–C–C–N with tert-alkyl or cyclic N) is 2. The molecule has 4 saturated carbocycles. The second kappa shape index (κ2) is 6.21. The Morgan fingerprint density at radius 2 is 1.45 bits per heavy atom. The van der Waals surface area contributed by atoms with Crippen molar-refractivity contribution in [2.24, 2.45) is 34.5 Å². The zero-order valence-corrected chi connectivity index (χ0v) is 18.7. The van der Waals surface area contributed by atoms with E-state index in [2.05, 4.69) is 23.6 Å². The molecule has 2 saturated heterocycles. The SMILES string of the molecule is C[C@]12CC[C@@](O)(CN3CC3)C[C@@H]1CC[C@@H]1[C@@H]2CC[C@@]2(C)[C@H]1CC[C@@]2(O)CN1CC1. The van der Waals surface area contributed by atoms with Gasteiger partial charge in [-0.2, -0.15) is 0 Å². The maximum Gasteiger partial charge on any atom is 0.0830 e. The molecule has 0 amide bonds. The second-order valence-corrected chi connectivity index (χ2v) is 12.7. The number of nitrogens with zero attached hydrogens (tertiary/aromatic N) is 2. The molecule has 4 aliphatic carbocycles. The van der Waals surface area contributed by atoms with Gasteiger partial charge < -0.3 is 10.2 Å². The van der Waals surface area contributed by atoms with E-state index in [0.29, 0.717) is 17.3 Å². The van der Waals surface area contributed by atoms with Crippen LogP contribution < -0.4 is 0 Å². The first-order chi connectivity index (χ1) is 13.7. The van der Waals surface area contributed by atoms with E-state index < -0.39 is 11.2 Å². The molecule has 164 valence electrons. The predicted octanol–water partition coefficient (Wildman–Crippen LogP) is 3.12. The Labute approximate surface area is 177 Å². The van der Waals surface area contributed by atoms with Crippen LogP contribution in [0, 0.1) is 34.5 Å². The zero-order valence-electron chi connectivity index (χ0n) is 18.7. The van der Waals surface area contributed by atoms with Crippen LogP contribution in [0.2, 0.25) is 0 Å². The largest absolute Gasteiger partial charge is 0.389 e. The Morgan fingerprint density at radius 1 is 0.759 bits per heavy atom. The molecule has 2 aliphatic heterocycles. The molecule has 0 unspecified atom stereocenters. The minimum Gasteiger partial charge on any atom is -0.389 e. The Hall–Kier alpha value is -0.160. The maximum atomic E-state index is 11.7. The van der Waals surface area contributed by atoms with Gasteiger partial charge in [0.15, 0.2) is 0 Å². The molecule has 0 bridgehead atoms. The number of hydrogen-bond donors (Lipinski definition) is 2. The van der Waals surface area contributed by atoms with Crippen LogP contribution in [-0.4, -0.2) is 70.5 Å². The van der Waals surface area contributed by atoms with Crippen LogP contribution in [0.15, 0.2) is 0 Å². The molecule has 4 nitrogen and oxygen atoms in total. The van der Waals surface area contributed by atoms with Crippen LogP contribution in [-0.2, 0) is 0 Å². The highest BCUT2D eigenvalue weighted by Gasteiger charge is 2.65. The molecule has 0 radical (unpaired) electrons. The van der Waals surface area contributed by atoms with Crippen molar-refractivity contribution in [3.8, 4) is 0 Å². The second-order valence-electron chi connectivity index (χ2n) is 12.7. The van der Waals surface area contributed by atoms with E-state index in [1.54, 1.807) is 0 Å². The summed E-state index contributed by atoms with van der Waals surface area (Å²) >= 11 is 0. The number of rotatable bonds is 4. The van der Waals surface area contributed by atoms with Gasteiger partial charge in [-0.25, -0.2) is 0 Å². The first-order valence-corrected chi connectivity index (χ1v) is 12.6. The smallest absolute Gasteiger partial charge is 0.0830 e. The summed E-state index contributed by atoms with van der Waals surface area (Å²) in [6, 6.07) is 0. The summed E-state index contributed by atoms with van der Waals surface area (Å²) in [5.74, 6) is 3.03. The molecule has 2 heterocycles. The molecular formula is C25H42N2O2. The molecule has 0 aromatic rings. The van der Waals surface area contributed by atoms with E-state index in [0.717, 1.165) is 44.2 Å². The fourth-order valence-electron chi connectivity index (χ4n) is 9.08. The van der Waals surface area contributed by atoms with Crippen LogP contribution in [0.1, 0.15) is 71.6 Å². The molecule has 6 aliphatic rings. The molecule has 6 fully saturated rings. The van der Waals surface area contributed by atoms with E-state index in [1.807, 2.05) is 0 Å². The van der Waals surface area contributed by atoms with Crippen LogP contribution >= 0.6 is 0 Å². The predicted molar refractivity (Wildman–Crippen MR) is 115 cm³/mol. The lowest BCUT2D eigenvalue weighted by molar-refractivity contribution is -0.172. The van der Waals surface area contributed by atoms with Crippen molar-refractivity contribution in [2.45, 2.75) is 82.8 Å². The van der Waals surface area contributed by atoms with E-state index in [4.69, 9.17) is 0 Å². The molecule has 4 heteroatoms. The number of fused-ring (bicyclic) bond motifs is 5. The quantitative estimate of drug-likeness (QED) is 0.710. The van der Waals surface area contributed by atoms with Gasteiger partial charge in [-0.05, 0) is 86.9 Å². The highest BCUT2D eigenvalue weighted by atomic mass is 16.3. The highest BCUT2D eigenvalue weighted by Crippen LogP contribution is 2.68. The minimum absolute atomic E-state index is 0.120. The van der Waals surface area contributed by atoms with Crippen molar-refractivity contribution in [2.75, 3.05) is 39.3 Å². The summed E-state index contributed by atoms with van der Waals surface area (Å²) in [6.07, 6.45) is 10.7. The first-order valence-electron chi connectivity index (χ1n) is 12.6. The lowest BCUT2D eigenvalue weighted by Gasteiger charge is -2.62. The van der Waals surface area contributed by atoms with E-state index >= 15 is 0 Å². The summed E-state index contributed by atoms with van der Waals surface area (Å²) in [6.45, 7) is 11.6. The lowest BCUT2D eigenvalue weighted by Crippen LogP contribution is -2.59. The van der Waals surface area contributed by atoms with Crippen LogP contribution in [0.3, 0.4) is 0 Å². The molecule has 2 N–H and O–H groups in total. The van der Waals surface area contributed by atoms with Crippen molar-refractivity contribution in [3.05, 3.63) is 0 Å². The lowest BCUT2D eigenvalue weighted by atomic mass is 9.43. The van der Waals surface area contributed by atoms with Crippen molar-refractivity contribution in [3.63, 3.8) is 0 Å². The first kappa shape index (κ1) is 19.5. The molecule has 6 rings (SSSR count). The van der Waals surface area contributed by atoms with Crippen LogP contribution in [0.5, 0.6) is 0 Å². The fourth-order valence-corrected chi connectivity index (χ4v) is 9.08. The topological polar surface area (TPSA) is 46.5 Å². The summed E-state index contributed by atoms with van der Waals surface area (Å²) < 4.78 is 0. The Balaban J connectivity index is 1.22. The third kappa shape index (κ3) is 2.92. The fraction of sp³-hybridized carbons (Fsp3) is 1.00. The third-order valence-corrected chi connectivity index (χ3v) is 11.2. The van der Waals surface area contributed by atoms with E-state index in [-0.39, 0.29) is 5.41 Å².